The van der Waals surface area contributed by atoms with Crippen LogP contribution in [0.4, 0.5) is 0 Å². The highest BCUT2D eigenvalue weighted by molar-refractivity contribution is 6.31. The van der Waals surface area contributed by atoms with Crippen molar-refractivity contribution in [1.82, 2.24) is 4.98 Å². The van der Waals surface area contributed by atoms with Crippen molar-refractivity contribution in [3.8, 4) is 17.6 Å². The molecule has 25 heavy (non-hydrogen) atoms. The summed E-state index contributed by atoms with van der Waals surface area (Å²) in [7, 11) is 0. The van der Waals surface area contributed by atoms with Crippen LogP contribution in [0, 0.1) is 0 Å². The summed E-state index contributed by atoms with van der Waals surface area (Å²) in [6, 6.07) is 11.9. The third-order valence-electron chi connectivity index (χ3n) is 3.29. The number of esters is 1. The van der Waals surface area contributed by atoms with Crippen LogP contribution in [0.2, 0.25) is 5.02 Å². The van der Waals surface area contributed by atoms with E-state index in [1.165, 1.54) is 0 Å². The van der Waals surface area contributed by atoms with Gasteiger partial charge in [-0.05, 0) is 50.2 Å². The first-order valence-corrected chi connectivity index (χ1v) is 8.10. The average Bonchev–Trinajstić information content (AvgIpc) is 2.98. The Morgan fingerprint density at radius 2 is 1.92 bits per heavy atom. The number of halogens is 1. The maximum absolute atomic E-state index is 11.6. The maximum Gasteiger partial charge on any atom is 0.400 e. The van der Waals surface area contributed by atoms with Gasteiger partial charge in [0.25, 0.3) is 0 Å². The summed E-state index contributed by atoms with van der Waals surface area (Å²) in [5, 5.41) is 0.562. The first kappa shape index (κ1) is 17.1. The molecule has 1 atom stereocenters. The molecule has 6 nitrogen and oxygen atoms in total. The van der Waals surface area contributed by atoms with E-state index in [1.807, 2.05) is 0 Å². The molecular weight excluding hydrogens is 346 g/mol. The molecule has 0 saturated heterocycles. The number of ether oxygens (including phenoxy) is 3. The lowest BCUT2D eigenvalue weighted by Gasteiger charge is -2.13. The Labute approximate surface area is 149 Å². The highest BCUT2D eigenvalue weighted by atomic mass is 35.5. The van der Waals surface area contributed by atoms with Crippen molar-refractivity contribution in [3.05, 3.63) is 47.5 Å². The van der Waals surface area contributed by atoms with E-state index in [2.05, 4.69) is 4.98 Å². The van der Waals surface area contributed by atoms with Gasteiger partial charge in [0, 0.05) is 11.1 Å². The van der Waals surface area contributed by atoms with Crippen LogP contribution in [0.3, 0.4) is 0 Å². The maximum atomic E-state index is 11.6. The number of hydrogen-bond donors (Lipinski definition) is 0. The van der Waals surface area contributed by atoms with Gasteiger partial charge in [-0.15, -0.1) is 0 Å². The first-order valence-electron chi connectivity index (χ1n) is 7.72. The quantitative estimate of drug-likeness (QED) is 0.597. The molecule has 0 saturated carbocycles. The second-order valence-corrected chi connectivity index (χ2v) is 5.61. The van der Waals surface area contributed by atoms with Crippen LogP contribution < -0.4 is 9.47 Å². The Bertz CT molecular complexity index is 875. The molecule has 7 heteroatoms. The third kappa shape index (κ3) is 4.22. The number of carbonyl (C=O) groups is 1. The van der Waals surface area contributed by atoms with E-state index in [0.717, 1.165) is 0 Å². The van der Waals surface area contributed by atoms with E-state index >= 15 is 0 Å². The van der Waals surface area contributed by atoms with Gasteiger partial charge < -0.3 is 18.6 Å². The average molecular weight is 362 g/mol. The number of carbonyl (C=O) groups excluding carboxylic acids is 1. The van der Waals surface area contributed by atoms with Crippen molar-refractivity contribution in [2.75, 3.05) is 6.61 Å². The minimum Gasteiger partial charge on any atom is -0.479 e. The van der Waals surface area contributed by atoms with Gasteiger partial charge in [-0.1, -0.05) is 11.6 Å². The predicted molar refractivity (Wildman–Crippen MR) is 92.3 cm³/mol. The summed E-state index contributed by atoms with van der Waals surface area (Å²) in [4.78, 5) is 15.8. The predicted octanol–water partition coefficient (Wildman–Crippen LogP) is 4.60. The molecule has 0 spiro atoms. The molecule has 0 N–H and O–H groups in total. The molecule has 0 aliphatic carbocycles. The summed E-state index contributed by atoms with van der Waals surface area (Å²) < 4.78 is 21.5. The standard InChI is InChI=1S/C18H16ClNO5/c1-3-22-17(21)11(2)23-13-5-7-14(8-6-13)24-18-20-15-9-4-12(19)10-16(15)25-18/h4-11H,3H2,1-2H3/t11-/m0/s1. The van der Waals surface area contributed by atoms with E-state index in [9.17, 15) is 4.79 Å². The Kier molecular flexibility index (Phi) is 5.09. The topological polar surface area (TPSA) is 70.8 Å². The molecule has 0 unspecified atom stereocenters. The number of nitrogens with zero attached hydrogens (tertiary/aromatic N) is 1. The van der Waals surface area contributed by atoms with E-state index < -0.39 is 12.1 Å². The molecule has 2 aromatic carbocycles. The summed E-state index contributed by atoms with van der Waals surface area (Å²) in [6.45, 7) is 3.69. The fourth-order valence-corrected chi connectivity index (χ4v) is 2.28. The lowest BCUT2D eigenvalue weighted by atomic mass is 10.3. The van der Waals surface area contributed by atoms with Gasteiger partial charge in [0.1, 0.15) is 17.0 Å². The zero-order chi connectivity index (χ0) is 17.8. The number of aromatic nitrogens is 1. The first-order chi connectivity index (χ1) is 12.0. The van der Waals surface area contributed by atoms with Crippen LogP contribution in [0.5, 0.6) is 17.6 Å². The van der Waals surface area contributed by atoms with Gasteiger partial charge in [-0.2, -0.15) is 4.98 Å². The van der Waals surface area contributed by atoms with Crippen molar-refractivity contribution in [1.29, 1.82) is 0 Å². The van der Waals surface area contributed by atoms with Crippen LogP contribution in [-0.4, -0.2) is 23.7 Å². The SMILES string of the molecule is CCOC(=O)[C@H](C)Oc1ccc(Oc2nc3ccc(Cl)cc3o2)cc1. The van der Waals surface area contributed by atoms with E-state index in [4.69, 9.17) is 30.2 Å². The van der Waals surface area contributed by atoms with Crippen molar-refractivity contribution >= 4 is 28.7 Å². The molecular formula is C18H16ClNO5. The second-order valence-electron chi connectivity index (χ2n) is 5.18. The molecule has 0 amide bonds. The highest BCUT2D eigenvalue weighted by Gasteiger charge is 2.15. The summed E-state index contributed by atoms with van der Waals surface area (Å²) in [5.41, 5.74) is 1.20. The molecule has 130 valence electrons. The Morgan fingerprint density at radius 3 is 2.64 bits per heavy atom. The zero-order valence-corrected chi connectivity index (χ0v) is 14.4. The van der Waals surface area contributed by atoms with E-state index in [1.54, 1.807) is 56.3 Å². The highest BCUT2D eigenvalue weighted by Crippen LogP contribution is 2.28. The number of benzene rings is 2. The van der Waals surface area contributed by atoms with Gasteiger partial charge in [0.05, 0.1) is 6.61 Å². The zero-order valence-electron chi connectivity index (χ0n) is 13.7. The van der Waals surface area contributed by atoms with Crippen molar-refractivity contribution < 1.29 is 23.4 Å². The number of oxazole rings is 1. The fraction of sp³-hybridized carbons (Fsp3) is 0.222. The number of fused-ring (bicyclic) bond motifs is 1. The van der Waals surface area contributed by atoms with Gasteiger partial charge in [0.15, 0.2) is 11.7 Å². The minimum atomic E-state index is -0.687. The number of hydrogen-bond acceptors (Lipinski definition) is 6. The van der Waals surface area contributed by atoms with Crippen LogP contribution in [0.25, 0.3) is 11.1 Å². The second kappa shape index (κ2) is 7.44. The number of rotatable bonds is 6. The van der Waals surface area contributed by atoms with Gasteiger partial charge in [0.2, 0.25) is 0 Å². The van der Waals surface area contributed by atoms with Crippen molar-refractivity contribution in [2.45, 2.75) is 20.0 Å². The van der Waals surface area contributed by atoms with Gasteiger partial charge in [-0.25, -0.2) is 4.79 Å². The smallest absolute Gasteiger partial charge is 0.400 e. The molecule has 0 bridgehead atoms. The minimum absolute atomic E-state index is 0.117. The molecule has 3 rings (SSSR count). The fourth-order valence-electron chi connectivity index (χ4n) is 2.12. The summed E-state index contributed by atoms with van der Waals surface area (Å²) >= 11 is 5.91. The van der Waals surface area contributed by atoms with Crippen LogP contribution in [0.1, 0.15) is 13.8 Å². The molecule has 0 aliphatic heterocycles. The summed E-state index contributed by atoms with van der Waals surface area (Å²) in [6.07, 6.45) is -0.570. The normalized spacial score (nSPS) is 12.0. The lowest BCUT2D eigenvalue weighted by molar-refractivity contribution is -0.150. The monoisotopic (exact) mass is 361 g/mol. The van der Waals surface area contributed by atoms with Crippen LogP contribution >= 0.6 is 11.6 Å². The van der Waals surface area contributed by atoms with Crippen LogP contribution in [-0.2, 0) is 9.53 Å². The molecule has 1 aromatic heterocycles. The third-order valence-corrected chi connectivity index (χ3v) is 3.53. The largest absolute Gasteiger partial charge is 0.479 e. The Balaban J connectivity index is 1.66. The van der Waals surface area contributed by atoms with Gasteiger partial charge >= 0.3 is 12.0 Å². The molecule has 3 aromatic rings. The molecule has 0 radical (unpaired) electrons. The Hall–Kier alpha value is -2.73. The van der Waals surface area contributed by atoms with Crippen molar-refractivity contribution in [2.24, 2.45) is 0 Å². The summed E-state index contributed by atoms with van der Waals surface area (Å²) in [5.74, 6) is 0.638. The van der Waals surface area contributed by atoms with Crippen LogP contribution in [0.15, 0.2) is 46.9 Å². The van der Waals surface area contributed by atoms with Gasteiger partial charge in [-0.3, -0.25) is 0 Å². The molecule has 0 aliphatic rings. The molecule has 0 fully saturated rings. The van der Waals surface area contributed by atoms with E-state index in [-0.39, 0.29) is 6.08 Å². The molecule has 1 heterocycles. The lowest BCUT2D eigenvalue weighted by Crippen LogP contribution is -2.25. The van der Waals surface area contributed by atoms with Crippen molar-refractivity contribution in [3.63, 3.8) is 0 Å². The Morgan fingerprint density at radius 1 is 1.20 bits per heavy atom. The van der Waals surface area contributed by atoms with E-state index in [0.29, 0.717) is 34.2 Å².